The molecule has 0 fully saturated rings. The number of carbonyl (C=O) groups excluding carboxylic acids is 1. The van der Waals surface area contributed by atoms with E-state index in [1.54, 1.807) is 6.92 Å². The number of esters is 1. The summed E-state index contributed by atoms with van der Waals surface area (Å²) < 4.78 is 7.03. The molecule has 2 aromatic heterocycles. The Labute approximate surface area is 134 Å². The van der Waals surface area contributed by atoms with E-state index in [4.69, 9.17) is 4.74 Å². The smallest absolute Gasteiger partial charge is 0.341 e. The summed E-state index contributed by atoms with van der Waals surface area (Å²) >= 11 is 0. The zero-order valence-corrected chi connectivity index (χ0v) is 13.4. The maximum atomic E-state index is 12.3. The van der Waals surface area contributed by atoms with Gasteiger partial charge >= 0.3 is 5.97 Å². The van der Waals surface area contributed by atoms with Gasteiger partial charge in [0.05, 0.1) is 23.3 Å². The summed E-state index contributed by atoms with van der Waals surface area (Å²) in [6.07, 6.45) is 5.27. The van der Waals surface area contributed by atoms with Gasteiger partial charge in [0.15, 0.2) is 0 Å². The predicted octanol–water partition coefficient (Wildman–Crippen LogP) is 2.59. The zero-order chi connectivity index (χ0) is 16.4. The molecule has 0 amide bonds. The third-order valence-corrected chi connectivity index (χ3v) is 3.39. The number of fused-ring (bicyclic) bond motifs is 3. The number of para-hydroxylation sites is 2. The van der Waals surface area contributed by atoms with E-state index in [2.05, 4.69) is 9.97 Å². The van der Waals surface area contributed by atoms with E-state index in [1.165, 1.54) is 6.20 Å². The Hall–Kier alpha value is -2.89. The minimum Gasteiger partial charge on any atom is -0.462 e. The number of nitrogens with zero attached hydrogens (tertiary/aromatic N) is 4. The van der Waals surface area contributed by atoms with Crippen molar-refractivity contribution in [2.45, 2.75) is 6.92 Å². The highest BCUT2D eigenvalue weighted by Gasteiger charge is 2.17. The first-order valence-electron chi connectivity index (χ1n) is 7.39. The second-order valence-electron chi connectivity index (χ2n) is 5.29. The van der Waals surface area contributed by atoms with Crippen molar-refractivity contribution in [3.05, 3.63) is 47.9 Å². The number of carbonyl (C=O) groups is 1. The van der Waals surface area contributed by atoms with Crippen LogP contribution < -0.4 is 0 Å². The fourth-order valence-electron chi connectivity index (χ4n) is 2.40. The number of aromatic nitrogens is 3. The highest BCUT2D eigenvalue weighted by molar-refractivity contribution is 5.94. The third-order valence-electron chi connectivity index (χ3n) is 3.39. The van der Waals surface area contributed by atoms with Crippen molar-refractivity contribution in [1.82, 2.24) is 19.3 Å². The molecule has 0 spiro atoms. The van der Waals surface area contributed by atoms with Crippen molar-refractivity contribution in [2.24, 2.45) is 0 Å². The lowest BCUT2D eigenvalue weighted by molar-refractivity contribution is 0.0525. The molecular formula is C17H18N4O2. The lowest BCUT2D eigenvalue weighted by Gasteiger charge is -2.10. The summed E-state index contributed by atoms with van der Waals surface area (Å²) in [5.74, 6) is 0.163. The molecule has 23 heavy (non-hydrogen) atoms. The van der Waals surface area contributed by atoms with Crippen LogP contribution in [0.2, 0.25) is 0 Å². The minimum atomic E-state index is -0.391. The van der Waals surface area contributed by atoms with Gasteiger partial charge in [-0.2, -0.15) is 0 Å². The topological polar surface area (TPSA) is 59.7 Å². The van der Waals surface area contributed by atoms with Crippen LogP contribution in [0.5, 0.6) is 0 Å². The average Bonchev–Trinajstić information content (AvgIpc) is 2.91. The largest absolute Gasteiger partial charge is 0.462 e. The molecule has 0 aliphatic rings. The van der Waals surface area contributed by atoms with Crippen LogP contribution in [0.3, 0.4) is 0 Å². The van der Waals surface area contributed by atoms with Crippen molar-refractivity contribution in [3.63, 3.8) is 0 Å². The third kappa shape index (κ3) is 2.75. The number of benzene rings is 1. The summed E-state index contributed by atoms with van der Waals surface area (Å²) in [4.78, 5) is 23.0. The van der Waals surface area contributed by atoms with Crippen LogP contribution in [0.15, 0.2) is 36.7 Å². The Morgan fingerprint density at radius 2 is 2.13 bits per heavy atom. The molecule has 0 aliphatic carbocycles. The van der Waals surface area contributed by atoms with Crippen LogP contribution >= 0.6 is 0 Å². The molecule has 0 aliphatic heterocycles. The van der Waals surface area contributed by atoms with Crippen molar-refractivity contribution < 1.29 is 9.53 Å². The Morgan fingerprint density at radius 3 is 2.87 bits per heavy atom. The molecule has 2 heterocycles. The number of hydrogen-bond acceptors (Lipinski definition) is 5. The molecule has 1 aromatic carbocycles. The highest BCUT2D eigenvalue weighted by Crippen LogP contribution is 2.21. The van der Waals surface area contributed by atoms with Crippen LogP contribution in [-0.2, 0) is 4.74 Å². The molecule has 0 saturated carbocycles. The van der Waals surface area contributed by atoms with Crippen LogP contribution in [0, 0.1) is 0 Å². The second kappa shape index (κ2) is 6.08. The summed E-state index contributed by atoms with van der Waals surface area (Å²) in [7, 11) is 3.84. The van der Waals surface area contributed by atoms with E-state index in [-0.39, 0.29) is 0 Å². The van der Waals surface area contributed by atoms with Gasteiger partial charge in [0.1, 0.15) is 5.56 Å². The van der Waals surface area contributed by atoms with Gasteiger partial charge in [-0.1, -0.05) is 12.1 Å². The standard InChI is InChI=1S/C17H18N4O2/c1-4-23-16(22)12-11-18-17-19-13-7-5-6-8-15(13)21(17)14(12)9-10-20(2)3/h5-11H,4H2,1-3H3/b10-9+. The molecule has 0 bridgehead atoms. The number of hydrogen-bond donors (Lipinski definition) is 0. The Bertz CT molecular complexity index is 896. The summed E-state index contributed by atoms with van der Waals surface area (Å²) in [5, 5.41) is 0. The first-order chi connectivity index (χ1) is 11.1. The van der Waals surface area contributed by atoms with Gasteiger partial charge in [-0.05, 0) is 25.1 Å². The van der Waals surface area contributed by atoms with Crippen LogP contribution in [0.4, 0.5) is 0 Å². The summed E-state index contributed by atoms with van der Waals surface area (Å²) in [5.41, 5.74) is 2.86. The minimum absolute atomic E-state index is 0.318. The highest BCUT2D eigenvalue weighted by atomic mass is 16.5. The maximum Gasteiger partial charge on any atom is 0.341 e. The molecule has 118 valence electrons. The van der Waals surface area contributed by atoms with Crippen molar-refractivity contribution in [3.8, 4) is 0 Å². The fraction of sp³-hybridized carbons (Fsp3) is 0.235. The van der Waals surface area contributed by atoms with Crippen LogP contribution in [0.25, 0.3) is 22.9 Å². The molecule has 3 aromatic rings. The first-order valence-corrected chi connectivity index (χ1v) is 7.39. The van der Waals surface area contributed by atoms with Gasteiger partial charge in [0.2, 0.25) is 5.78 Å². The molecule has 0 radical (unpaired) electrons. The van der Waals surface area contributed by atoms with E-state index in [0.717, 1.165) is 11.0 Å². The first kappa shape index (κ1) is 15.0. The summed E-state index contributed by atoms with van der Waals surface area (Å²) in [6, 6.07) is 7.75. The summed E-state index contributed by atoms with van der Waals surface area (Å²) in [6.45, 7) is 2.10. The van der Waals surface area contributed by atoms with E-state index >= 15 is 0 Å². The predicted molar refractivity (Wildman–Crippen MR) is 89.2 cm³/mol. The van der Waals surface area contributed by atoms with E-state index in [1.807, 2.05) is 59.9 Å². The molecule has 6 heteroatoms. The van der Waals surface area contributed by atoms with Gasteiger partial charge < -0.3 is 9.64 Å². The van der Waals surface area contributed by atoms with E-state index in [0.29, 0.717) is 23.6 Å². The van der Waals surface area contributed by atoms with Gasteiger partial charge in [-0.15, -0.1) is 0 Å². The quantitative estimate of drug-likeness (QED) is 0.693. The van der Waals surface area contributed by atoms with Crippen molar-refractivity contribution >= 4 is 28.9 Å². The molecule has 3 rings (SSSR count). The molecule has 0 atom stereocenters. The van der Waals surface area contributed by atoms with Crippen molar-refractivity contribution in [2.75, 3.05) is 20.7 Å². The number of ether oxygens (including phenoxy) is 1. The molecule has 0 saturated heterocycles. The zero-order valence-electron chi connectivity index (χ0n) is 13.4. The monoisotopic (exact) mass is 310 g/mol. The van der Waals surface area contributed by atoms with Gasteiger partial charge in [-0.3, -0.25) is 4.40 Å². The number of rotatable bonds is 4. The number of imidazole rings is 1. The maximum absolute atomic E-state index is 12.3. The molecule has 6 nitrogen and oxygen atoms in total. The SMILES string of the molecule is CCOC(=O)c1cnc2nc3ccccc3n2c1/C=C/N(C)C. The molecular weight excluding hydrogens is 292 g/mol. The average molecular weight is 310 g/mol. The van der Waals surface area contributed by atoms with Crippen LogP contribution in [-0.4, -0.2) is 45.9 Å². The Morgan fingerprint density at radius 1 is 1.35 bits per heavy atom. The van der Waals surface area contributed by atoms with Crippen LogP contribution in [0.1, 0.15) is 23.0 Å². The Kier molecular flexibility index (Phi) is 3.97. The van der Waals surface area contributed by atoms with Crippen molar-refractivity contribution in [1.29, 1.82) is 0 Å². The lowest BCUT2D eigenvalue weighted by atomic mass is 10.2. The molecule has 0 N–H and O–H groups in total. The Balaban J connectivity index is 2.33. The fourth-order valence-corrected chi connectivity index (χ4v) is 2.40. The van der Waals surface area contributed by atoms with E-state index in [9.17, 15) is 4.79 Å². The molecule has 0 unspecified atom stereocenters. The lowest BCUT2D eigenvalue weighted by Crippen LogP contribution is -2.11. The second-order valence-corrected chi connectivity index (χ2v) is 5.29. The van der Waals surface area contributed by atoms with E-state index < -0.39 is 5.97 Å². The van der Waals surface area contributed by atoms with Gasteiger partial charge in [-0.25, -0.2) is 14.8 Å². The normalized spacial score (nSPS) is 11.4. The van der Waals surface area contributed by atoms with Gasteiger partial charge in [0.25, 0.3) is 0 Å². The van der Waals surface area contributed by atoms with Gasteiger partial charge in [0, 0.05) is 26.5 Å².